The molecule has 1 atom stereocenters. The van der Waals surface area contributed by atoms with Gasteiger partial charge in [-0.25, -0.2) is 0 Å². The number of ether oxygens (including phenoxy) is 1. The summed E-state index contributed by atoms with van der Waals surface area (Å²) >= 11 is 0. The first-order chi connectivity index (χ1) is 13.2. The van der Waals surface area contributed by atoms with E-state index in [1.54, 1.807) is 6.92 Å². The summed E-state index contributed by atoms with van der Waals surface area (Å²) in [5.41, 5.74) is 0.689. The van der Waals surface area contributed by atoms with Crippen molar-refractivity contribution < 1.29 is 9.53 Å². The molecule has 3 aliphatic carbocycles. The number of carbonyl (C=O) groups is 1. The van der Waals surface area contributed by atoms with Gasteiger partial charge in [-0.2, -0.15) is 0 Å². The summed E-state index contributed by atoms with van der Waals surface area (Å²) < 4.78 is 6.46. The fourth-order valence-electron chi connectivity index (χ4n) is 7.81. The fourth-order valence-corrected chi connectivity index (χ4v) is 7.81. The van der Waals surface area contributed by atoms with Gasteiger partial charge >= 0.3 is 5.97 Å². The van der Waals surface area contributed by atoms with Gasteiger partial charge in [0.25, 0.3) is 0 Å². The molecule has 0 N–H and O–H groups in total. The van der Waals surface area contributed by atoms with Crippen LogP contribution in [0.3, 0.4) is 0 Å². The lowest BCUT2D eigenvalue weighted by Gasteiger charge is -2.65. The molecule has 3 rings (SSSR count). The third-order valence-electron chi connectivity index (χ3n) is 9.86. The second-order valence-electron chi connectivity index (χ2n) is 11.6. The molecule has 2 nitrogen and oxygen atoms in total. The van der Waals surface area contributed by atoms with Gasteiger partial charge in [0.1, 0.15) is 6.10 Å². The summed E-state index contributed by atoms with van der Waals surface area (Å²) in [4.78, 5) is 12.4. The van der Waals surface area contributed by atoms with Crippen LogP contribution in [0.15, 0.2) is 0 Å². The van der Waals surface area contributed by atoms with Crippen molar-refractivity contribution in [2.24, 2.45) is 21.7 Å². The van der Waals surface area contributed by atoms with Crippen LogP contribution in [-0.2, 0) is 9.53 Å². The third kappa shape index (κ3) is 3.79. The van der Waals surface area contributed by atoms with Crippen LogP contribution in [-0.4, -0.2) is 12.1 Å². The first kappa shape index (κ1) is 22.2. The molecule has 1 unspecified atom stereocenters. The van der Waals surface area contributed by atoms with Crippen molar-refractivity contribution in [1.82, 2.24) is 0 Å². The predicted molar refractivity (Wildman–Crippen MR) is 117 cm³/mol. The number of esters is 1. The second-order valence-corrected chi connectivity index (χ2v) is 11.6. The molecule has 3 saturated carbocycles. The van der Waals surface area contributed by atoms with Crippen LogP contribution in [0.25, 0.3) is 0 Å². The molecule has 0 bridgehead atoms. The monoisotopic (exact) mass is 390 g/mol. The Morgan fingerprint density at radius 1 is 0.714 bits per heavy atom. The molecule has 0 radical (unpaired) electrons. The van der Waals surface area contributed by atoms with Crippen molar-refractivity contribution in [3.8, 4) is 0 Å². The minimum absolute atomic E-state index is 0.0403. The minimum Gasteiger partial charge on any atom is -0.461 e. The topological polar surface area (TPSA) is 26.3 Å². The highest BCUT2D eigenvalue weighted by Crippen LogP contribution is 2.67. The molecule has 0 spiro atoms. The second kappa shape index (κ2) is 8.31. The number of rotatable bonds is 5. The maximum absolute atomic E-state index is 12.4. The quantitative estimate of drug-likeness (QED) is 0.447. The average molecular weight is 391 g/mol. The first-order valence-electron chi connectivity index (χ1n) is 12.3. The van der Waals surface area contributed by atoms with Crippen LogP contribution in [0, 0.1) is 21.7 Å². The summed E-state index contributed by atoms with van der Waals surface area (Å²) in [5, 5.41) is 0. The van der Waals surface area contributed by atoms with Gasteiger partial charge in [0.2, 0.25) is 0 Å². The molecule has 0 heterocycles. The highest BCUT2D eigenvalue weighted by molar-refractivity contribution is 5.66. The molecule has 2 heteroatoms. The number of hydrogen-bond acceptors (Lipinski definition) is 2. The molecular formula is C26H46O2. The van der Waals surface area contributed by atoms with Crippen molar-refractivity contribution in [3.63, 3.8) is 0 Å². The van der Waals surface area contributed by atoms with Crippen molar-refractivity contribution in [2.45, 2.75) is 137 Å². The maximum Gasteiger partial charge on any atom is 0.302 e. The van der Waals surface area contributed by atoms with Crippen LogP contribution in [0.5, 0.6) is 0 Å². The van der Waals surface area contributed by atoms with Crippen molar-refractivity contribution >= 4 is 5.97 Å². The molecule has 162 valence electrons. The summed E-state index contributed by atoms with van der Waals surface area (Å²) in [6, 6.07) is 0. The van der Waals surface area contributed by atoms with Gasteiger partial charge < -0.3 is 4.74 Å². The molecule has 0 aromatic carbocycles. The summed E-state index contributed by atoms with van der Waals surface area (Å²) in [7, 11) is 0. The van der Waals surface area contributed by atoms with E-state index < -0.39 is 0 Å². The Morgan fingerprint density at radius 2 is 1.07 bits per heavy atom. The highest BCUT2D eigenvalue weighted by atomic mass is 16.5. The van der Waals surface area contributed by atoms with Crippen molar-refractivity contribution in [1.29, 1.82) is 0 Å². The largest absolute Gasteiger partial charge is 0.461 e. The highest BCUT2D eigenvalue weighted by Gasteiger charge is 2.64. The maximum atomic E-state index is 12.4. The Balaban J connectivity index is 2.12. The molecule has 28 heavy (non-hydrogen) atoms. The van der Waals surface area contributed by atoms with Crippen LogP contribution >= 0.6 is 0 Å². The van der Waals surface area contributed by atoms with E-state index in [9.17, 15) is 4.79 Å². The third-order valence-corrected chi connectivity index (χ3v) is 9.86. The Kier molecular flexibility index (Phi) is 6.57. The normalized spacial score (nSPS) is 28.3. The van der Waals surface area contributed by atoms with Gasteiger partial charge in [0.05, 0.1) is 0 Å². The summed E-state index contributed by atoms with van der Waals surface area (Å²) in [6.07, 6.45) is 19.7. The molecule has 0 saturated heterocycles. The van der Waals surface area contributed by atoms with Crippen LogP contribution < -0.4 is 0 Å². The zero-order valence-corrected chi connectivity index (χ0v) is 19.5. The molecule has 3 fully saturated rings. The van der Waals surface area contributed by atoms with Gasteiger partial charge in [-0.05, 0) is 49.4 Å². The standard InChI is InChI=1S/C26H46O2/c1-21(27)28-22(23(2)15-9-6-10-16-23)26(5,24(3)17-11-7-12-18-24)25(4)19-13-8-14-20-25/h22H,6-20H2,1-5H3. The first-order valence-corrected chi connectivity index (χ1v) is 12.3. The van der Waals surface area contributed by atoms with Crippen molar-refractivity contribution in [3.05, 3.63) is 0 Å². The number of hydrogen-bond donors (Lipinski definition) is 0. The summed E-state index contributed by atoms with van der Waals surface area (Å²) in [6.45, 7) is 11.8. The van der Waals surface area contributed by atoms with E-state index in [4.69, 9.17) is 4.74 Å². The Hall–Kier alpha value is -0.530. The molecule has 0 aliphatic heterocycles. The average Bonchev–Trinajstić information content (AvgIpc) is 2.67. The number of carbonyl (C=O) groups excluding carboxylic acids is 1. The Labute approximate surface area is 174 Å². The fraction of sp³-hybridized carbons (Fsp3) is 0.962. The van der Waals surface area contributed by atoms with Crippen LogP contribution in [0.1, 0.15) is 131 Å². The van der Waals surface area contributed by atoms with E-state index in [-0.39, 0.29) is 33.7 Å². The van der Waals surface area contributed by atoms with Gasteiger partial charge in [0.15, 0.2) is 0 Å². The van der Waals surface area contributed by atoms with Crippen LogP contribution in [0.2, 0.25) is 0 Å². The smallest absolute Gasteiger partial charge is 0.302 e. The lowest BCUT2D eigenvalue weighted by Crippen LogP contribution is -2.63. The lowest BCUT2D eigenvalue weighted by molar-refractivity contribution is -0.224. The molecular weight excluding hydrogens is 344 g/mol. The van der Waals surface area contributed by atoms with Gasteiger partial charge in [-0.3, -0.25) is 4.79 Å². The van der Waals surface area contributed by atoms with E-state index >= 15 is 0 Å². The van der Waals surface area contributed by atoms with Gasteiger partial charge in [0, 0.05) is 17.8 Å². The minimum atomic E-state index is -0.0677. The van der Waals surface area contributed by atoms with Crippen molar-refractivity contribution in [2.75, 3.05) is 0 Å². The Bertz CT molecular complexity index is 507. The van der Waals surface area contributed by atoms with E-state index in [0.29, 0.717) is 0 Å². The molecule has 0 aromatic heterocycles. The van der Waals surface area contributed by atoms with E-state index in [0.717, 1.165) is 0 Å². The predicted octanol–water partition coefficient (Wildman–Crippen LogP) is 7.84. The Morgan fingerprint density at radius 3 is 1.43 bits per heavy atom. The van der Waals surface area contributed by atoms with Gasteiger partial charge in [-0.15, -0.1) is 0 Å². The van der Waals surface area contributed by atoms with E-state index in [1.807, 2.05) is 0 Å². The molecule has 0 aromatic rings. The van der Waals surface area contributed by atoms with Crippen LogP contribution in [0.4, 0.5) is 0 Å². The lowest BCUT2D eigenvalue weighted by atomic mass is 9.41. The molecule has 0 amide bonds. The van der Waals surface area contributed by atoms with E-state index in [1.165, 1.54) is 96.3 Å². The molecule has 3 aliphatic rings. The zero-order valence-electron chi connectivity index (χ0n) is 19.5. The van der Waals surface area contributed by atoms with Gasteiger partial charge in [-0.1, -0.05) is 85.5 Å². The van der Waals surface area contributed by atoms with E-state index in [2.05, 4.69) is 27.7 Å². The SMILES string of the molecule is CC(=O)OC(C1(C)CCCCC1)C(C)(C1(C)CCCCC1)C1(C)CCCCC1. The summed E-state index contributed by atoms with van der Waals surface area (Å²) in [5.74, 6) is -0.0677. The zero-order chi connectivity index (χ0) is 20.5.